The summed E-state index contributed by atoms with van der Waals surface area (Å²) in [5.74, 6) is -0.138. The van der Waals surface area contributed by atoms with Gasteiger partial charge in [-0.3, -0.25) is 4.79 Å². The number of benzene rings is 2. The van der Waals surface area contributed by atoms with Crippen LogP contribution in [0.25, 0.3) is 20.2 Å². The van der Waals surface area contributed by atoms with E-state index in [0.717, 1.165) is 9.40 Å². The maximum absolute atomic E-state index is 12.5. The normalized spacial score (nSPS) is 10.7. The highest BCUT2D eigenvalue weighted by Crippen LogP contribution is 2.27. The summed E-state index contributed by atoms with van der Waals surface area (Å²) < 4.78 is 6.99. The van der Waals surface area contributed by atoms with Crippen LogP contribution < -0.4 is 10.2 Å². The molecule has 0 N–H and O–H groups in total. The van der Waals surface area contributed by atoms with E-state index in [1.54, 1.807) is 42.5 Å². The molecule has 0 aliphatic heterocycles. The highest BCUT2D eigenvalue weighted by Gasteiger charge is 2.09. The van der Waals surface area contributed by atoms with Gasteiger partial charge in [-0.2, -0.15) is 0 Å². The molecule has 0 aliphatic carbocycles. The lowest BCUT2D eigenvalue weighted by atomic mass is 10.2. The number of hydrogen-bond donors (Lipinski definition) is 0. The third kappa shape index (κ3) is 2.45. The number of esters is 1. The molecule has 104 valence electrons. The second-order valence-electron chi connectivity index (χ2n) is 4.76. The van der Waals surface area contributed by atoms with Gasteiger partial charge in [0.2, 0.25) is 0 Å². The van der Waals surface area contributed by atoms with Crippen molar-refractivity contribution < 1.29 is 9.53 Å². The van der Waals surface area contributed by atoms with E-state index in [9.17, 15) is 9.59 Å². The van der Waals surface area contributed by atoms with Crippen molar-refractivity contribution >= 4 is 37.5 Å². The fraction of sp³-hybridized carbons (Fsp3) is 0.0588. The van der Waals surface area contributed by atoms with Crippen molar-refractivity contribution in [3.05, 3.63) is 64.8 Å². The monoisotopic (exact) mass is 296 g/mol. The average Bonchev–Trinajstić information content (AvgIpc) is 2.48. The molecular formula is C17H12O3S. The van der Waals surface area contributed by atoms with Crippen molar-refractivity contribution in [3.8, 4) is 5.75 Å². The van der Waals surface area contributed by atoms with Crippen LogP contribution in [0.5, 0.6) is 5.75 Å². The van der Waals surface area contributed by atoms with Crippen LogP contribution in [0.2, 0.25) is 0 Å². The van der Waals surface area contributed by atoms with E-state index in [2.05, 4.69) is 6.58 Å². The molecule has 0 fully saturated rings. The highest BCUT2D eigenvalue weighted by molar-refractivity contribution is 7.24. The number of carbonyl (C=O) groups is 1. The van der Waals surface area contributed by atoms with Crippen LogP contribution in [0.4, 0.5) is 0 Å². The van der Waals surface area contributed by atoms with Crippen LogP contribution in [0.3, 0.4) is 0 Å². The Bertz CT molecular complexity index is 938. The van der Waals surface area contributed by atoms with E-state index in [0.29, 0.717) is 22.1 Å². The van der Waals surface area contributed by atoms with Gasteiger partial charge in [0, 0.05) is 25.7 Å². The first-order chi connectivity index (χ1) is 10.1. The van der Waals surface area contributed by atoms with Crippen LogP contribution in [0, 0.1) is 0 Å². The standard InChI is InChI=1S/C17H12O3S/c1-10(2)17(19)20-11-7-8-15-13(9-11)16(18)12-5-3-4-6-14(12)21-15/h3-9H,1H2,2H3. The SMILES string of the molecule is C=C(C)C(=O)Oc1ccc2sc3ccccc3c(=O)c2c1. The van der Waals surface area contributed by atoms with Crippen LogP contribution in [0.15, 0.2) is 59.4 Å². The van der Waals surface area contributed by atoms with E-state index in [4.69, 9.17) is 4.74 Å². The predicted molar refractivity (Wildman–Crippen MR) is 86.1 cm³/mol. The number of fused-ring (bicyclic) bond motifs is 2. The lowest BCUT2D eigenvalue weighted by Gasteiger charge is -2.05. The first-order valence-corrected chi connectivity index (χ1v) is 7.21. The molecule has 3 nitrogen and oxygen atoms in total. The summed E-state index contributed by atoms with van der Waals surface area (Å²) in [5, 5.41) is 1.24. The Morgan fingerprint density at radius 2 is 1.81 bits per heavy atom. The molecule has 2 aromatic carbocycles. The zero-order valence-corrected chi connectivity index (χ0v) is 12.2. The molecule has 4 heteroatoms. The summed E-state index contributed by atoms with van der Waals surface area (Å²) in [6, 6.07) is 12.6. The topological polar surface area (TPSA) is 43.4 Å². The number of rotatable bonds is 2. The summed E-state index contributed by atoms with van der Waals surface area (Å²) in [4.78, 5) is 24.1. The largest absolute Gasteiger partial charge is 0.423 e. The number of hydrogen-bond acceptors (Lipinski definition) is 4. The third-order valence-corrected chi connectivity index (χ3v) is 4.26. The molecule has 1 aromatic heterocycles. The number of ether oxygens (including phenoxy) is 1. The Hall–Kier alpha value is -2.46. The summed E-state index contributed by atoms with van der Waals surface area (Å²) in [5.41, 5.74) is 0.270. The molecule has 1 heterocycles. The van der Waals surface area contributed by atoms with Crippen LogP contribution in [-0.2, 0) is 4.79 Å². The Balaban J connectivity index is 2.19. The molecule has 21 heavy (non-hydrogen) atoms. The van der Waals surface area contributed by atoms with E-state index >= 15 is 0 Å². The maximum atomic E-state index is 12.5. The van der Waals surface area contributed by atoms with E-state index in [1.165, 1.54) is 0 Å². The minimum Gasteiger partial charge on any atom is -0.423 e. The lowest BCUT2D eigenvalue weighted by molar-refractivity contribution is -0.130. The molecule has 0 saturated heterocycles. The average molecular weight is 296 g/mol. The lowest BCUT2D eigenvalue weighted by Crippen LogP contribution is -2.08. The smallest absolute Gasteiger partial charge is 0.338 e. The van der Waals surface area contributed by atoms with E-state index in [-0.39, 0.29) is 5.43 Å². The Morgan fingerprint density at radius 1 is 1.10 bits per heavy atom. The van der Waals surface area contributed by atoms with Gasteiger partial charge in [-0.05, 0) is 37.3 Å². The molecule has 0 unspecified atom stereocenters. The van der Waals surface area contributed by atoms with Crippen molar-refractivity contribution in [2.24, 2.45) is 0 Å². The zero-order valence-electron chi connectivity index (χ0n) is 11.4. The maximum Gasteiger partial charge on any atom is 0.338 e. The molecule has 0 saturated carbocycles. The summed E-state index contributed by atoms with van der Waals surface area (Å²) >= 11 is 1.54. The molecule has 0 bridgehead atoms. The molecular weight excluding hydrogens is 284 g/mol. The van der Waals surface area contributed by atoms with Gasteiger partial charge in [0.25, 0.3) is 0 Å². The number of carbonyl (C=O) groups excluding carboxylic acids is 1. The van der Waals surface area contributed by atoms with Gasteiger partial charge in [-0.15, -0.1) is 11.3 Å². The molecule has 0 atom stereocenters. The highest BCUT2D eigenvalue weighted by atomic mass is 32.1. The molecule has 3 rings (SSSR count). The molecule has 0 radical (unpaired) electrons. The minimum atomic E-state index is -0.494. The summed E-state index contributed by atoms with van der Waals surface area (Å²) in [6.45, 7) is 5.12. The molecule has 0 amide bonds. The van der Waals surface area contributed by atoms with Crippen molar-refractivity contribution in [3.63, 3.8) is 0 Å². The van der Waals surface area contributed by atoms with Crippen LogP contribution in [0.1, 0.15) is 6.92 Å². The van der Waals surface area contributed by atoms with Crippen molar-refractivity contribution in [2.75, 3.05) is 0 Å². The first-order valence-electron chi connectivity index (χ1n) is 6.39. The van der Waals surface area contributed by atoms with Gasteiger partial charge in [0.05, 0.1) is 0 Å². The second-order valence-corrected chi connectivity index (χ2v) is 5.84. The quantitative estimate of drug-likeness (QED) is 0.312. The Kier molecular flexibility index (Phi) is 3.31. The van der Waals surface area contributed by atoms with Crippen molar-refractivity contribution in [2.45, 2.75) is 6.92 Å². The van der Waals surface area contributed by atoms with Gasteiger partial charge >= 0.3 is 5.97 Å². The second kappa shape index (κ2) is 5.14. The zero-order chi connectivity index (χ0) is 15.0. The summed E-state index contributed by atoms with van der Waals surface area (Å²) in [7, 11) is 0. The van der Waals surface area contributed by atoms with E-state index < -0.39 is 5.97 Å². The Labute approximate surface area is 125 Å². The minimum absolute atomic E-state index is 0.0485. The van der Waals surface area contributed by atoms with E-state index in [1.807, 2.05) is 18.2 Å². The van der Waals surface area contributed by atoms with Crippen molar-refractivity contribution in [1.82, 2.24) is 0 Å². The fourth-order valence-electron chi connectivity index (χ4n) is 2.04. The van der Waals surface area contributed by atoms with Gasteiger partial charge in [0.15, 0.2) is 5.43 Å². The molecule has 3 aromatic rings. The molecule has 0 aliphatic rings. The van der Waals surface area contributed by atoms with Gasteiger partial charge in [-0.25, -0.2) is 4.79 Å². The molecule has 0 spiro atoms. The fourth-order valence-corrected chi connectivity index (χ4v) is 3.09. The van der Waals surface area contributed by atoms with Gasteiger partial charge < -0.3 is 4.74 Å². The Morgan fingerprint density at radius 3 is 2.57 bits per heavy atom. The predicted octanol–water partition coefficient (Wildman–Crippen LogP) is 3.90. The van der Waals surface area contributed by atoms with Crippen molar-refractivity contribution in [1.29, 1.82) is 0 Å². The summed E-state index contributed by atoms with van der Waals surface area (Å²) in [6.07, 6.45) is 0. The van der Waals surface area contributed by atoms with Gasteiger partial charge in [-0.1, -0.05) is 18.7 Å². The van der Waals surface area contributed by atoms with Crippen LogP contribution in [-0.4, -0.2) is 5.97 Å². The first kappa shape index (κ1) is 13.5. The van der Waals surface area contributed by atoms with Gasteiger partial charge in [0.1, 0.15) is 5.75 Å². The van der Waals surface area contributed by atoms with Crippen LogP contribution >= 0.6 is 11.3 Å². The third-order valence-electron chi connectivity index (χ3n) is 3.11.